The van der Waals surface area contributed by atoms with Gasteiger partial charge in [-0.05, 0) is 32.0 Å². The fourth-order valence-corrected chi connectivity index (χ4v) is 1.87. The summed E-state index contributed by atoms with van der Waals surface area (Å²) in [6, 6.07) is 4.15. The van der Waals surface area contributed by atoms with E-state index in [0.717, 1.165) is 5.57 Å². The van der Waals surface area contributed by atoms with Crippen LogP contribution in [-0.4, -0.2) is 15.6 Å². The highest BCUT2D eigenvalue weighted by Crippen LogP contribution is 2.22. The van der Waals surface area contributed by atoms with Crippen LogP contribution in [0.3, 0.4) is 0 Å². The minimum atomic E-state index is -0.998. The van der Waals surface area contributed by atoms with Gasteiger partial charge in [-0.25, -0.2) is 9.18 Å². The molecule has 0 fully saturated rings. The fourth-order valence-electron chi connectivity index (χ4n) is 1.87. The highest BCUT2D eigenvalue weighted by Gasteiger charge is 2.13. The molecule has 2 rings (SSSR count). The Balaban J connectivity index is 2.61. The Morgan fingerprint density at radius 2 is 2.17 bits per heavy atom. The molecule has 0 atom stereocenters. The number of nitrogens with zero attached hydrogens (tertiary/aromatic N) is 1. The van der Waals surface area contributed by atoms with E-state index in [-0.39, 0.29) is 11.4 Å². The van der Waals surface area contributed by atoms with Crippen molar-refractivity contribution in [3.63, 3.8) is 0 Å². The minimum Gasteiger partial charge on any atom is -0.478 e. The maximum absolute atomic E-state index is 13.2. The maximum atomic E-state index is 13.2. The maximum Gasteiger partial charge on any atom is 0.337 e. The second-order valence-electron chi connectivity index (χ2n) is 4.44. The molecule has 0 aliphatic heterocycles. The first-order valence-corrected chi connectivity index (χ1v) is 5.64. The van der Waals surface area contributed by atoms with Crippen molar-refractivity contribution in [1.82, 2.24) is 4.57 Å². The van der Waals surface area contributed by atoms with Crippen molar-refractivity contribution in [3.8, 4) is 0 Å². The van der Waals surface area contributed by atoms with Gasteiger partial charge in [-0.15, -0.1) is 0 Å². The molecule has 2 aromatic rings. The van der Waals surface area contributed by atoms with Crippen LogP contribution >= 0.6 is 0 Å². The molecule has 0 aliphatic rings. The number of carboxylic acids is 1. The van der Waals surface area contributed by atoms with Gasteiger partial charge in [0.2, 0.25) is 0 Å². The molecule has 0 unspecified atom stereocenters. The number of fused-ring (bicyclic) bond motifs is 1. The van der Waals surface area contributed by atoms with E-state index < -0.39 is 5.97 Å². The molecule has 18 heavy (non-hydrogen) atoms. The average Bonchev–Trinajstić information content (AvgIpc) is 2.64. The first-order valence-electron chi connectivity index (χ1n) is 5.64. The van der Waals surface area contributed by atoms with Crippen LogP contribution in [-0.2, 0) is 6.54 Å². The summed E-state index contributed by atoms with van der Waals surface area (Å²) in [4.78, 5) is 11.1. The lowest BCUT2D eigenvalue weighted by Gasteiger charge is -2.01. The lowest BCUT2D eigenvalue weighted by molar-refractivity contribution is 0.0699. The molecule has 0 radical (unpaired) electrons. The van der Waals surface area contributed by atoms with Crippen molar-refractivity contribution in [3.05, 3.63) is 47.4 Å². The van der Waals surface area contributed by atoms with E-state index in [2.05, 4.69) is 0 Å². The van der Waals surface area contributed by atoms with Crippen LogP contribution in [0.1, 0.15) is 24.2 Å². The molecule has 0 spiro atoms. The Morgan fingerprint density at radius 3 is 2.78 bits per heavy atom. The molecule has 1 N–H and O–H groups in total. The molecule has 0 saturated heterocycles. The summed E-state index contributed by atoms with van der Waals surface area (Å²) < 4.78 is 15.0. The van der Waals surface area contributed by atoms with Crippen LogP contribution < -0.4 is 0 Å². The number of hydrogen-bond acceptors (Lipinski definition) is 1. The van der Waals surface area contributed by atoms with E-state index in [0.29, 0.717) is 17.4 Å². The molecule has 0 amide bonds. The minimum absolute atomic E-state index is 0.201. The summed E-state index contributed by atoms with van der Waals surface area (Å²) in [6.45, 7) is 4.46. The van der Waals surface area contributed by atoms with Gasteiger partial charge >= 0.3 is 5.97 Å². The molecule has 4 heteroatoms. The van der Waals surface area contributed by atoms with Gasteiger partial charge in [-0.3, -0.25) is 0 Å². The van der Waals surface area contributed by atoms with Crippen LogP contribution in [0.2, 0.25) is 0 Å². The number of carboxylic acid groups (broad SMARTS) is 1. The van der Waals surface area contributed by atoms with Gasteiger partial charge in [0.25, 0.3) is 0 Å². The quantitative estimate of drug-likeness (QED) is 0.844. The number of aromatic carboxylic acids is 1. The normalized spacial score (nSPS) is 10.6. The van der Waals surface area contributed by atoms with E-state index in [1.54, 1.807) is 10.8 Å². The molecule has 1 aromatic heterocycles. The summed E-state index contributed by atoms with van der Waals surface area (Å²) in [7, 11) is 0. The molecule has 1 heterocycles. The van der Waals surface area contributed by atoms with Crippen molar-refractivity contribution in [1.29, 1.82) is 0 Å². The first kappa shape index (κ1) is 12.4. The monoisotopic (exact) mass is 247 g/mol. The van der Waals surface area contributed by atoms with Crippen LogP contribution in [0.15, 0.2) is 36.0 Å². The Bertz CT molecular complexity index is 637. The summed E-state index contributed by atoms with van der Waals surface area (Å²) in [5.41, 5.74) is 1.93. The predicted octanol–water partition coefficient (Wildman–Crippen LogP) is 3.44. The average molecular weight is 247 g/mol. The van der Waals surface area contributed by atoms with Crippen LogP contribution in [0.25, 0.3) is 10.9 Å². The van der Waals surface area contributed by atoms with Gasteiger partial charge in [0.1, 0.15) is 5.82 Å². The predicted molar refractivity (Wildman–Crippen MR) is 68.3 cm³/mol. The van der Waals surface area contributed by atoms with E-state index >= 15 is 0 Å². The standard InChI is InChI=1S/C14H14FNO2/c1-9(2)5-6-16-8-12(14(17)18)11-4-3-10(15)7-13(11)16/h3-5,7-8H,6H2,1-2H3,(H,17,18). The second kappa shape index (κ2) is 4.64. The largest absolute Gasteiger partial charge is 0.478 e. The molecule has 0 aliphatic carbocycles. The third kappa shape index (κ3) is 2.27. The lowest BCUT2D eigenvalue weighted by atomic mass is 10.2. The van der Waals surface area contributed by atoms with Crippen molar-refractivity contribution < 1.29 is 14.3 Å². The van der Waals surface area contributed by atoms with Crippen molar-refractivity contribution in [2.45, 2.75) is 20.4 Å². The van der Waals surface area contributed by atoms with Gasteiger partial charge in [-0.2, -0.15) is 0 Å². The van der Waals surface area contributed by atoms with Gasteiger partial charge in [0, 0.05) is 18.1 Å². The Labute approximate surface area is 104 Å². The molecule has 1 aromatic carbocycles. The lowest BCUT2D eigenvalue weighted by Crippen LogP contribution is -1.95. The summed E-state index contributed by atoms with van der Waals surface area (Å²) >= 11 is 0. The molecule has 0 saturated carbocycles. The Hall–Kier alpha value is -2.10. The van der Waals surface area contributed by atoms with Gasteiger partial charge in [0.05, 0.1) is 11.1 Å². The zero-order valence-electron chi connectivity index (χ0n) is 10.3. The summed E-state index contributed by atoms with van der Waals surface area (Å²) in [5, 5.41) is 9.68. The number of rotatable bonds is 3. The highest BCUT2D eigenvalue weighted by molar-refractivity contribution is 6.03. The number of aromatic nitrogens is 1. The van der Waals surface area contributed by atoms with E-state index in [4.69, 9.17) is 5.11 Å². The first-order chi connectivity index (χ1) is 8.49. The molecule has 0 bridgehead atoms. The Morgan fingerprint density at radius 1 is 1.44 bits per heavy atom. The highest BCUT2D eigenvalue weighted by atomic mass is 19.1. The summed E-state index contributed by atoms with van der Waals surface area (Å²) in [5.74, 6) is -1.36. The fraction of sp³-hybridized carbons (Fsp3) is 0.214. The SMILES string of the molecule is CC(C)=CCn1cc(C(=O)O)c2ccc(F)cc21. The van der Waals surface area contributed by atoms with E-state index in [1.807, 2.05) is 19.9 Å². The zero-order valence-corrected chi connectivity index (χ0v) is 10.3. The third-order valence-electron chi connectivity index (χ3n) is 2.77. The van der Waals surface area contributed by atoms with Crippen LogP contribution in [0, 0.1) is 5.82 Å². The third-order valence-corrected chi connectivity index (χ3v) is 2.77. The second-order valence-corrected chi connectivity index (χ2v) is 4.44. The molecule has 3 nitrogen and oxygen atoms in total. The molecular formula is C14H14FNO2. The number of allylic oxidation sites excluding steroid dienone is 2. The smallest absolute Gasteiger partial charge is 0.337 e. The van der Waals surface area contributed by atoms with E-state index in [1.165, 1.54) is 18.2 Å². The summed E-state index contributed by atoms with van der Waals surface area (Å²) in [6.07, 6.45) is 3.52. The van der Waals surface area contributed by atoms with Crippen molar-refractivity contribution >= 4 is 16.9 Å². The molecular weight excluding hydrogens is 233 g/mol. The molecule has 94 valence electrons. The van der Waals surface area contributed by atoms with Crippen LogP contribution in [0.5, 0.6) is 0 Å². The van der Waals surface area contributed by atoms with Crippen molar-refractivity contribution in [2.24, 2.45) is 0 Å². The van der Waals surface area contributed by atoms with Gasteiger partial charge in [-0.1, -0.05) is 11.6 Å². The number of halogens is 1. The topological polar surface area (TPSA) is 42.2 Å². The van der Waals surface area contributed by atoms with Crippen LogP contribution in [0.4, 0.5) is 4.39 Å². The number of benzene rings is 1. The van der Waals surface area contributed by atoms with E-state index in [9.17, 15) is 9.18 Å². The number of hydrogen-bond donors (Lipinski definition) is 1. The number of carbonyl (C=O) groups is 1. The van der Waals surface area contributed by atoms with Crippen molar-refractivity contribution in [2.75, 3.05) is 0 Å². The zero-order chi connectivity index (χ0) is 13.3. The van der Waals surface area contributed by atoms with Gasteiger partial charge in [0.15, 0.2) is 0 Å². The Kier molecular flexibility index (Phi) is 3.19. The van der Waals surface area contributed by atoms with Gasteiger partial charge < -0.3 is 9.67 Å².